The number of nitrogens with zero attached hydrogens (tertiary/aromatic N) is 1. The van der Waals surface area contributed by atoms with Crippen molar-refractivity contribution in [3.8, 4) is 0 Å². The van der Waals surface area contributed by atoms with Crippen LogP contribution in [0.5, 0.6) is 0 Å². The van der Waals surface area contributed by atoms with Crippen molar-refractivity contribution < 1.29 is 0 Å². The summed E-state index contributed by atoms with van der Waals surface area (Å²) in [7, 11) is 0. The van der Waals surface area contributed by atoms with Crippen LogP contribution in [0.1, 0.15) is 12.0 Å². The van der Waals surface area contributed by atoms with E-state index in [0.717, 1.165) is 6.54 Å². The lowest BCUT2D eigenvalue weighted by Gasteiger charge is -2.34. The van der Waals surface area contributed by atoms with E-state index >= 15 is 0 Å². The van der Waals surface area contributed by atoms with Gasteiger partial charge in [0.25, 0.3) is 0 Å². The fourth-order valence-corrected chi connectivity index (χ4v) is 2.24. The van der Waals surface area contributed by atoms with E-state index in [-0.39, 0.29) is 0 Å². The van der Waals surface area contributed by atoms with Crippen LogP contribution in [0.15, 0.2) is 42.3 Å². The number of rotatable bonds is 0. The summed E-state index contributed by atoms with van der Waals surface area (Å²) < 4.78 is 0. The van der Waals surface area contributed by atoms with Gasteiger partial charge < -0.3 is 4.81 Å². The predicted octanol–water partition coefficient (Wildman–Crippen LogP) is 2.55. The van der Waals surface area contributed by atoms with Gasteiger partial charge in [-0.15, -0.1) is 0 Å². The van der Waals surface area contributed by atoms with Crippen LogP contribution in [0.4, 0.5) is 5.69 Å². The third-order valence-corrected chi connectivity index (χ3v) is 2.95. The minimum absolute atomic E-state index is 0.485. The zero-order chi connectivity index (χ0) is 9.38. The highest BCUT2D eigenvalue weighted by molar-refractivity contribution is 6.74. The molecule has 0 spiro atoms. The Morgan fingerprint density at radius 3 is 3.07 bits per heavy atom. The molecule has 0 bridgehead atoms. The molecule has 1 aromatic carbocycles. The van der Waals surface area contributed by atoms with Crippen LogP contribution in [0.3, 0.4) is 0 Å². The molecule has 3 rings (SSSR count). The Balaban J connectivity index is 2.11. The van der Waals surface area contributed by atoms with E-state index in [1.807, 2.05) is 0 Å². The molecule has 0 amide bonds. The molecule has 0 saturated heterocycles. The number of hydrogen-bond acceptors (Lipinski definition) is 1. The van der Waals surface area contributed by atoms with Crippen LogP contribution < -0.4 is 4.81 Å². The Kier molecular flexibility index (Phi) is 1.73. The van der Waals surface area contributed by atoms with Gasteiger partial charge in [-0.25, -0.2) is 0 Å². The molecule has 0 fully saturated rings. The van der Waals surface area contributed by atoms with Gasteiger partial charge in [0.2, 0.25) is 0 Å². The highest BCUT2D eigenvalue weighted by Crippen LogP contribution is 2.29. The van der Waals surface area contributed by atoms with Gasteiger partial charge in [0.15, 0.2) is 0 Å². The first kappa shape index (κ1) is 7.92. The van der Waals surface area contributed by atoms with Crippen LogP contribution >= 0.6 is 0 Å². The predicted molar refractivity (Wildman–Crippen MR) is 62.3 cm³/mol. The quantitative estimate of drug-likeness (QED) is 0.556. The maximum Gasteiger partial charge on any atom is 0.308 e. The van der Waals surface area contributed by atoms with Crippen LogP contribution in [0, 0.1) is 0 Å². The molecule has 0 unspecified atom stereocenters. The molecule has 0 N–H and O–H groups in total. The van der Waals surface area contributed by atoms with Gasteiger partial charge in [-0.2, -0.15) is 0 Å². The second kappa shape index (κ2) is 3.05. The van der Waals surface area contributed by atoms with Gasteiger partial charge in [0.05, 0.1) is 0 Å². The average Bonchev–Trinajstić information content (AvgIpc) is 2.29. The molecule has 0 aliphatic carbocycles. The third-order valence-electron chi connectivity index (χ3n) is 2.95. The first-order valence-corrected chi connectivity index (χ1v) is 5.16. The standard InChI is InChI=1S/C12H12BN/c1-2-6-12-11(5-1)7-9-13-8-3-4-10-14(12)13/h1-3,5-9H,4,10H2. The lowest BCUT2D eigenvalue weighted by Crippen LogP contribution is -2.41. The summed E-state index contributed by atoms with van der Waals surface area (Å²) in [6, 6.07) is 8.61. The number of anilines is 1. The maximum absolute atomic E-state index is 2.47. The molecule has 2 aliphatic heterocycles. The van der Waals surface area contributed by atoms with Crippen molar-refractivity contribution >= 4 is 18.6 Å². The summed E-state index contributed by atoms with van der Waals surface area (Å²) in [5.74, 6) is 4.56. The molecule has 0 radical (unpaired) electrons. The van der Waals surface area contributed by atoms with Crippen molar-refractivity contribution in [3.05, 3.63) is 47.9 Å². The third kappa shape index (κ3) is 1.11. The van der Waals surface area contributed by atoms with Crippen LogP contribution in [0.2, 0.25) is 0 Å². The number of benzene rings is 1. The van der Waals surface area contributed by atoms with Gasteiger partial charge in [0.1, 0.15) is 0 Å². The number of fused-ring (bicyclic) bond motifs is 3. The molecule has 14 heavy (non-hydrogen) atoms. The Labute approximate surface area is 84.8 Å². The minimum Gasteiger partial charge on any atom is -0.407 e. The molecule has 1 aromatic rings. The molecule has 2 heteroatoms. The molecule has 68 valence electrons. The van der Waals surface area contributed by atoms with Crippen molar-refractivity contribution in [2.45, 2.75) is 6.42 Å². The van der Waals surface area contributed by atoms with Crippen LogP contribution in [-0.2, 0) is 0 Å². The largest absolute Gasteiger partial charge is 0.407 e. The number of para-hydroxylation sites is 1. The summed E-state index contributed by atoms with van der Waals surface area (Å²) in [6.45, 7) is 1.63. The normalized spacial score (nSPS) is 18.0. The van der Waals surface area contributed by atoms with Gasteiger partial charge in [-0.1, -0.05) is 42.3 Å². The summed E-state index contributed by atoms with van der Waals surface area (Å²) in [6.07, 6.45) is 5.67. The minimum atomic E-state index is 0.485. The fourth-order valence-electron chi connectivity index (χ4n) is 2.24. The summed E-state index contributed by atoms with van der Waals surface area (Å²) >= 11 is 0. The molecule has 2 heterocycles. The van der Waals surface area contributed by atoms with E-state index in [1.54, 1.807) is 0 Å². The summed E-state index contributed by atoms with van der Waals surface area (Å²) in [4.78, 5) is 2.47. The summed E-state index contributed by atoms with van der Waals surface area (Å²) in [5.41, 5.74) is 2.73. The Hall–Kier alpha value is -1.44. The lowest BCUT2D eigenvalue weighted by atomic mass is 9.56. The second-order valence-corrected chi connectivity index (χ2v) is 3.82. The topological polar surface area (TPSA) is 3.24 Å². The van der Waals surface area contributed by atoms with Gasteiger partial charge in [-0.05, 0) is 18.1 Å². The smallest absolute Gasteiger partial charge is 0.308 e. The monoisotopic (exact) mass is 181 g/mol. The molecule has 2 aliphatic rings. The zero-order valence-electron chi connectivity index (χ0n) is 8.06. The summed E-state index contributed by atoms with van der Waals surface area (Å²) in [5, 5.41) is 0. The fraction of sp³-hybridized carbons (Fsp3) is 0.167. The van der Waals surface area contributed by atoms with Gasteiger partial charge >= 0.3 is 6.85 Å². The highest BCUT2D eigenvalue weighted by Gasteiger charge is 2.24. The average molecular weight is 181 g/mol. The van der Waals surface area contributed by atoms with E-state index < -0.39 is 0 Å². The molecule has 0 saturated carbocycles. The lowest BCUT2D eigenvalue weighted by molar-refractivity contribution is 0.963. The second-order valence-electron chi connectivity index (χ2n) is 3.82. The highest BCUT2D eigenvalue weighted by atomic mass is 15.1. The van der Waals surface area contributed by atoms with E-state index in [2.05, 4.69) is 53.2 Å². The van der Waals surface area contributed by atoms with E-state index in [0.29, 0.717) is 6.85 Å². The van der Waals surface area contributed by atoms with E-state index in [1.165, 1.54) is 17.7 Å². The molecular weight excluding hydrogens is 169 g/mol. The van der Waals surface area contributed by atoms with Crippen molar-refractivity contribution in [3.63, 3.8) is 0 Å². The van der Waals surface area contributed by atoms with Gasteiger partial charge in [-0.3, -0.25) is 0 Å². The van der Waals surface area contributed by atoms with Crippen molar-refractivity contribution in [2.75, 3.05) is 11.4 Å². The van der Waals surface area contributed by atoms with Crippen LogP contribution in [-0.4, -0.2) is 13.4 Å². The first-order chi connectivity index (χ1) is 6.95. The van der Waals surface area contributed by atoms with E-state index in [9.17, 15) is 0 Å². The van der Waals surface area contributed by atoms with Crippen molar-refractivity contribution in [1.82, 2.24) is 0 Å². The number of hydrogen-bond donors (Lipinski definition) is 0. The maximum atomic E-state index is 2.47. The molecule has 1 nitrogen and oxygen atoms in total. The van der Waals surface area contributed by atoms with Crippen molar-refractivity contribution in [2.24, 2.45) is 0 Å². The van der Waals surface area contributed by atoms with E-state index in [4.69, 9.17) is 0 Å². The van der Waals surface area contributed by atoms with Crippen LogP contribution in [0.25, 0.3) is 6.08 Å². The Bertz CT molecular complexity index is 409. The molecular formula is C12H12BN. The first-order valence-electron chi connectivity index (χ1n) is 5.16. The SMILES string of the molecule is C1=CB2C=Cc3ccccc3N2CC1. The zero-order valence-corrected chi connectivity index (χ0v) is 8.06. The van der Waals surface area contributed by atoms with Gasteiger partial charge in [0, 0.05) is 12.2 Å². The Morgan fingerprint density at radius 1 is 1.14 bits per heavy atom. The molecule has 0 aromatic heterocycles. The molecule has 0 atom stereocenters. The van der Waals surface area contributed by atoms with Crippen molar-refractivity contribution in [1.29, 1.82) is 0 Å². The Morgan fingerprint density at radius 2 is 2.07 bits per heavy atom.